The molecular formula is C20H19N3O2S. The Morgan fingerprint density at radius 3 is 2.77 bits per heavy atom. The van der Waals surface area contributed by atoms with E-state index in [9.17, 15) is 4.79 Å². The second kappa shape index (κ2) is 7.17. The van der Waals surface area contributed by atoms with Crippen molar-refractivity contribution in [3.05, 3.63) is 76.3 Å². The second-order valence-corrected chi connectivity index (χ2v) is 7.27. The first-order chi connectivity index (χ1) is 12.7. The molecule has 2 heterocycles. The van der Waals surface area contributed by atoms with Crippen LogP contribution in [0, 0.1) is 0 Å². The predicted octanol–water partition coefficient (Wildman–Crippen LogP) is 3.46. The van der Waals surface area contributed by atoms with Crippen molar-refractivity contribution in [1.29, 1.82) is 0 Å². The lowest BCUT2D eigenvalue weighted by Gasteiger charge is -2.18. The third kappa shape index (κ3) is 3.41. The van der Waals surface area contributed by atoms with Gasteiger partial charge >= 0.3 is 0 Å². The van der Waals surface area contributed by atoms with Crippen molar-refractivity contribution >= 4 is 22.4 Å². The van der Waals surface area contributed by atoms with Gasteiger partial charge in [-0.2, -0.15) is 0 Å². The lowest BCUT2D eigenvalue weighted by atomic mass is 9.92. The minimum absolute atomic E-state index is 0.0108. The lowest BCUT2D eigenvalue weighted by molar-refractivity contribution is -0.121. The van der Waals surface area contributed by atoms with Crippen LogP contribution in [0.5, 0.6) is 5.75 Å². The van der Waals surface area contributed by atoms with Crippen LogP contribution in [-0.4, -0.2) is 10.9 Å². The summed E-state index contributed by atoms with van der Waals surface area (Å²) in [6.07, 6.45) is 0.361. The monoisotopic (exact) mass is 365 g/mol. The van der Waals surface area contributed by atoms with Crippen LogP contribution in [0.4, 0.5) is 5.13 Å². The third-order valence-corrected chi connectivity index (χ3v) is 5.48. The molecule has 1 amide bonds. The zero-order valence-corrected chi connectivity index (χ0v) is 15.0. The van der Waals surface area contributed by atoms with Gasteiger partial charge in [0.15, 0.2) is 5.13 Å². The van der Waals surface area contributed by atoms with Crippen molar-refractivity contribution < 1.29 is 9.53 Å². The van der Waals surface area contributed by atoms with Gasteiger partial charge in [-0.25, -0.2) is 4.98 Å². The van der Waals surface area contributed by atoms with Crippen molar-refractivity contribution in [3.63, 3.8) is 0 Å². The first-order valence-electron chi connectivity index (χ1n) is 8.48. The topological polar surface area (TPSA) is 77.2 Å². The summed E-state index contributed by atoms with van der Waals surface area (Å²) in [6.45, 7) is 0.903. The number of fused-ring (bicyclic) bond motifs is 1. The molecule has 0 fully saturated rings. The first-order valence-corrected chi connectivity index (χ1v) is 9.30. The van der Waals surface area contributed by atoms with Gasteiger partial charge in [0, 0.05) is 22.8 Å². The molecule has 26 heavy (non-hydrogen) atoms. The van der Waals surface area contributed by atoms with Crippen molar-refractivity contribution in [1.82, 2.24) is 10.3 Å². The van der Waals surface area contributed by atoms with Gasteiger partial charge in [0.05, 0.1) is 12.2 Å². The molecule has 0 aliphatic carbocycles. The summed E-state index contributed by atoms with van der Waals surface area (Å²) in [5.41, 5.74) is 8.86. The molecule has 0 unspecified atom stereocenters. The molecular weight excluding hydrogens is 346 g/mol. The van der Waals surface area contributed by atoms with E-state index in [4.69, 9.17) is 10.5 Å². The second-order valence-electron chi connectivity index (χ2n) is 6.21. The van der Waals surface area contributed by atoms with Gasteiger partial charge in [0.2, 0.25) is 5.91 Å². The fraction of sp³-hybridized carbons (Fsp3) is 0.200. The molecule has 1 atom stereocenters. The van der Waals surface area contributed by atoms with Crippen molar-refractivity contribution in [3.8, 4) is 5.75 Å². The number of nitrogen functional groups attached to an aromatic ring is 1. The van der Waals surface area contributed by atoms with Gasteiger partial charge in [-0.05, 0) is 11.6 Å². The van der Waals surface area contributed by atoms with Gasteiger partial charge in [-0.1, -0.05) is 48.5 Å². The summed E-state index contributed by atoms with van der Waals surface area (Å²) >= 11 is 1.45. The Balaban J connectivity index is 1.67. The van der Waals surface area contributed by atoms with E-state index < -0.39 is 0 Å². The number of rotatable bonds is 4. The standard InChI is InChI=1S/C20H19N3O2S/c21-20-23-16-11-22-18(24)10-15(19(16)26-20)14-8-4-5-9-17(14)25-12-13-6-2-1-3-7-13/h1-9,15H,10-12H2,(H2,21,23)(H,22,24)/t15-/m1/s1. The molecule has 2 aromatic carbocycles. The molecule has 0 saturated carbocycles. The number of nitrogens with zero attached hydrogens (tertiary/aromatic N) is 1. The van der Waals surface area contributed by atoms with Gasteiger partial charge in [-0.3, -0.25) is 4.79 Å². The number of thiazole rings is 1. The average molecular weight is 365 g/mol. The molecule has 3 N–H and O–H groups in total. The number of carbonyl (C=O) groups is 1. The van der Waals surface area contributed by atoms with E-state index in [0.29, 0.717) is 24.7 Å². The molecule has 1 aliphatic rings. The summed E-state index contributed by atoms with van der Waals surface area (Å²) in [4.78, 5) is 17.6. The number of carbonyl (C=O) groups excluding carboxylic acids is 1. The molecule has 0 radical (unpaired) electrons. The van der Waals surface area contributed by atoms with Crippen LogP contribution < -0.4 is 15.8 Å². The van der Waals surface area contributed by atoms with Crippen LogP contribution in [-0.2, 0) is 17.9 Å². The van der Waals surface area contributed by atoms with Gasteiger partial charge in [0.25, 0.3) is 0 Å². The van der Waals surface area contributed by atoms with Crippen LogP contribution in [0.2, 0.25) is 0 Å². The van der Waals surface area contributed by atoms with Crippen LogP contribution in [0.3, 0.4) is 0 Å². The van der Waals surface area contributed by atoms with Crippen LogP contribution in [0.15, 0.2) is 54.6 Å². The number of benzene rings is 2. The van der Waals surface area contributed by atoms with Crippen LogP contribution in [0.1, 0.15) is 34.0 Å². The zero-order valence-electron chi connectivity index (χ0n) is 14.1. The number of amides is 1. The van der Waals surface area contributed by atoms with E-state index in [-0.39, 0.29) is 11.8 Å². The molecule has 0 spiro atoms. The SMILES string of the molecule is Nc1nc2c(s1)[C@@H](c1ccccc1OCc1ccccc1)CC(=O)NC2. The summed E-state index contributed by atoms with van der Waals surface area (Å²) in [7, 11) is 0. The van der Waals surface area contributed by atoms with Crippen molar-refractivity contribution in [2.45, 2.75) is 25.5 Å². The van der Waals surface area contributed by atoms with E-state index >= 15 is 0 Å². The molecule has 1 aliphatic heterocycles. The number of hydrogen-bond donors (Lipinski definition) is 2. The summed E-state index contributed by atoms with van der Waals surface area (Å²) in [5, 5.41) is 3.43. The van der Waals surface area contributed by atoms with Gasteiger partial charge in [-0.15, -0.1) is 11.3 Å². The fourth-order valence-corrected chi connectivity index (χ4v) is 4.17. The number of para-hydroxylation sites is 1. The minimum atomic E-state index is -0.103. The van der Waals surface area contributed by atoms with Crippen LogP contribution >= 0.6 is 11.3 Å². The number of ether oxygens (including phenoxy) is 1. The number of hydrogen-bond acceptors (Lipinski definition) is 5. The van der Waals surface area contributed by atoms with Crippen LogP contribution in [0.25, 0.3) is 0 Å². The van der Waals surface area contributed by atoms with Crippen molar-refractivity contribution in [2.75, 3.05) is 5.73 Å². The fourth-order valence-electron chi connectivity index (χ4n) is 3.20. The predicted molar refractivity (Wildman–Crippen MR) is 102 cm³/mol. The average Bonchev–Trinajstić information content (AvgIpc) is 2.97. The summed E-state index contributed by atoms with van der Waals surface area (Å²) < 4.78 is 6.10. The van der Waals surface area contributed by atoms with E-state index in [0.717, 1.165) is 27.4 Å². The highest BCUT2D eigenvalue weighted by atomic mass is 32.1. The highest BCUT2D eigenvalue weighted by Gasteiger charge is 2.29. The maximum absolute atomic E-state index is 12.2. The summed E-state index contributed by atoms with van der Waals surface area (Å²) in [6, 6.07) is 17.9. The smallest absolute Gasteiger partial charge is 0.221 e. The Morgan fingerprint density at radius 2 is 1.92 bits per heavy atom. The first kappa shape index (κ1) is 16.6. The Labute approximate surface area is 155 Å². The maximum Gasteiger partial charge on any atom is 0.221 e. The molecule has 1 aromatic heterocycles. The molecule has 4 rings (SSSR count). The Kier molecular flexibility index (Phi) is 4.58. The highest BCUT2D eigenvalue weighted by molar-refractivity contribution is 7.15. The number of anilines is 1. The number of nitrogens with one attached hydrogen (secondary N) is 1. The van der Waals surface area contributed by atoms with E-state index in [1.807, 2.05) is 54.6 Å². The Morgan fingerprint density at radius 1 is 1.15 bits per heavy atom. The molecule has 0 saturated heterocycles. The highest BCUT2D eigenvalue weighted by Crippen LogP contribution is 2.40. The van der Waals surface area contributed by atoms with E-state index in [1.54, 1.807) is 0 Å². The number of nitrogens with two attached hydrogens (primary N) is 1. The van der Waals surface area contributed by atoms with Crippen molar-refractivity contribution in [2.24, 2.45) is 0 Å². The normalized spacial score (nSPS) is 16.5. The van der Waals surface area contributed by atoms with E-state index in [2.05, 4.69) is 10.3 Å². The number of aromatic nitrogens is 1. The molecule has 0 bridgehead atoms. The Bertz CT molecular complexity index is 924. The lowest BCUT2D eigenvalue weighted by Crippen LogP contribution is -2.21. The zero-order chi connectivity index (χ0) is 17.9. The Hall–Kier alpha value is -2.86. The van der Waals surface area contributed by atoms with E-state index in [1.165, 1.54) is 11.3 Å². The third-order valence-electron chi connectivity index (χ3n) is 4.43. The molecule has 6 heteroatoms. The maximum atomic E-state index is 12.2. The summed E-state index contributed by atoms with van der Waals surface area (Å²) in [5.74, 6) is 0.694. The van der Waals surface area contributed by atoms with Gasteiger partial charge < -0.3 is 15.8 Å². The largest absolute Gasteiger partial charge is 0.489 e. The molecule has 5 nitrogen and oxygen atoms in total. The quantitative estimate of drug-likeness (QED) is 0.742. The molecule has 3 aromatic rings. The minimum Gasteiger partial charge on any atom is -0.489 e. The molecule has 132 valence electrons. The van der Waals surface area contributed by atoms with Gasteiger partial charge in [0.1, 0.15) is 12.4 Å².